The molecular weight excluding hydrogens is 583 g/mol. The summed E-state index contributed by atoms with van der Waals surface area (Å²) in [6.07, 6.45) is 7.36. The molecule has 2 aromatic carbocycles. The zero-order valence-electron chi connectivity index (χ0n) is 24.3. The molecule has 233 valence electrons. The SMILES string of the molecule is CCCCCC(=O)O/N=C(\N)c1ccc(NC(=O)CCCC(=O)Nc2ccc(C(=[N-])N)cc2)cc1.[CH2-]CCCC.[O]=[Co]. The molecule has 0 aliphatic heterocycles. The molecule has 2 amide bonds. The van der Waals surface area contributed by atoms with Crippen LogP contribution >= 0.6 is 0 Å². The fourth-order valence-corrected chi connectivity index (χ4v) is 3.27. The Hall–Kier alpha value is -3.90. The third-order valence-electron chi connectivity index (χ3n) is 5.57. The standard InChI is InChI=1S/C25H31N6O4.C5H11.Co.O/c1-2-3-4-8-23(34)35-31-25(28)18-11-15-20(16-12-18)30-22(33)7-5-6-21(32)29-19-13-9-17(10-14-19)24(26)27;1-3-5-4-2;;/h9-16H,2-8H2,1H3,(H6-,26,27,28,29,30,31,32,33);1,3-5H2,2H3;;/q2*-1;;. The fraction of sp³-hybridized carbons (Fsp3) is 0.400. The van der Waals surface area contributed by atoms with E-state index < -0.39 is 5.97 Å². The van der Waals surface area contributed by atoms with E-state index in [1.165, 1.54) is 12.8 Å². The van der Waals surface area contributed by atoms with E-state index in [0.29, 0.717) is 35.3 Å². The molecule has 6 N–H and O–H groups in total. The Bertz CT molecular complexity index is 1120. The molecule has 11 nitrogen and oxygen atoms in total. The van der Waals surface area contributed by atoms with Crippen molar-refractivity contribution in [3.63, 3.8) is 0 Å². The first-order chi connectivity index (χ1) is 20.2. The number of nitrogens with one attached hydrogen (secondary N) is 2. The number of oxime groups is 1. The third-order valence-corrected chi connectivity index (χ3v) is 5.57. The molecule has 0 heterocycles. The van der Waals surface area contributed by atoms with Crippen molar-refractivity contribution >= 4 is 40.8 Å². The predicted molar refractivity (Wildman–Crippen MR) is 162 cm³/mol. The topological polar surface area (TPSA) is 188 Å². The Morgan fingerprint density at radius 1 is 0.786 bits per heavy atom. The molecule has 0 saturated carbocycles. The quantitative estimate of drug-likeness (QED) is 0.0513. The van der Waals surface area contributed by atoms with Crippen LogP contribution in [-0.4, -0.2) is 29.5 Å². The summed E-state index contributed by atoms with van der Waals surface area (Å²) >= 11 is 2.31. The first-order valence-electron chi connectivity index (χ1n) is 13.8. The number of carbonyl (C=O) groups is 3. The zero-order chi connectivity index (χ0) is 31.8. The van der Waals surface area contributed by atoms with E-state index in [4.69, 9.17) is 20.2 Å². The molecular formula is C30H42CoN6O5-2. The minimum atomic E-state index is -0.428. The number of hydrogen-bond acceptors (Lipinski definition) is 6. The van der Waals surface area contributed by atoms with Crippen LogP contribution in [0, 0.1) is 6.92 Å². The van der Waals surface area contributed by atoms with Gasteiger partial charge >= 0.3 is 25.5 Å². The first kappa shape index (κ1) is 38.1. The Morgan fingerprint density at radius 3 is 1.67 bits per heavy atom. The van der Waals surface area contributed by atoms with Gasteiger partial charge in [-0.2, -0.15) is 6.42 Å². The number of unbranched alkanes of at least 4 members (excludes halogenated alkanes) is 4. The Labute approximate surface area is 256 Å². The van der Waals surface area contributed by atoms with Gasteiger partial charge in [-0.05, 0) is 54.8 Å². The molecule has 0 unspecified atom stereocenters. The molecule has 0 aromatic heterocycles. The van der Waals surface area contributed by atoms with E-state index in [1.54, 1.807) is 48.5 Å². The van der Waals surface area contributed by atoms with E-state index in [2.05, 4.69) is 45.3 Å². The second-order valence-electron chi connectivity index (χ2n) is 9.09. The van der Waals surface area contributed by atoms with Crippen molar-refractivity contribution in [1.29, 1.82) is 0 Å². The maximum absolute atomic E-state index is 12.2. The molecule has 0 saturated heterocycles. The minimum absolute atomic E-state index is 0.0605. The van der Waals surface area contributed by atoms with Gasteiger partial charge in [-0.1, -0.05) is 62.7 Å². The van der Waals surface area contributed by atoms with Gasteiger partial charge < -0.3 is 39.3 Å². The van der Waals surface area contributed by atoms with Crippen LogP contribution in [0.4, 0.5) is 11.4 Å². The second-order valence-corrected chi connectivity index (χ2v) is 9.09. The van der Waals surface area contributed by atoms with E-state index in [9.17, 15) is 19.8 Å². The normalized spacial score (nSPS) is 10.2. The van der Waals surface area contributed by atoms with Gasteiger partial charge in [-0.3, -0.25) is 9.59 Å². The number of hydrogen-bond donors (Lipinski definition) is 4. The van der Waals surface area contributed by atoms with Crippen LogP contribution in [0.15, 0.2) is 53.7 Å². The van der Waals surface area contributed by atoms with Crippen LogP contribution in [0.25, 0.3) is 5.41 Å². The number of rotatable bonds is 15. The average molecular weight is 626 g/mol. The molecule has 42 heavy (non-hydrogen) atoms. The molecule has 2 rings (SSSR count). The van der Waals surface area contributed by atoms with Crippen LogP contribution < -0.4 is 22.1 Å². The van der Waals surface area contributed by atoms with Gasteiger partial charge in [-0.15, -0.1) is 0 Å². The molecule has 0 aliphatic rings. The van der Waals surface area contributed by atoms with Crippen molar-refractivity contribution in [2.45, 2.75) is 78.1 Å². The van der Waals surface area contributed by atoms with E-state index >= 15 is 0 Å². The number of carbonyl (C=O) groups excluding carboxylic acids is 3. The predicted octanol–water partition coefficient (Wildman–Crippen LogP) is 5.34. The average Bonchev–Trinajstić information content (AvgIpc) is 2.98. The summed E-state index contributed by atoms with van der Waals surface area (Å²) in [6.45, 7) is 7.89. The molecule has 2 aromatic rings. The van der Waals surface area contributed by atoms with E-state index in [0.717, 1.165) is 25.7 Å². The van der Waals surface area contributed by atoms with Gasteiger partial charge in [0.1, 0.15) is 0 Å². The number of nitrogens with zero attached hydrogens (tertiary/aromatic N) is 2. The molecule has 12 heteroatoms. The monoisotopic (exact) mass is 625 g/mol. The van der Waals surface area contributed by atoms with Crippen LogP contribution in [-0.2, 0) is 38.8 Å². The van der Waals surface area contributed by atoms with Crippen molar-refractivity contribution in [2.75, 3.05) is 10.6 Å². The van der Waals surface area contributed by atoms with E-state index in [-0.39, 0.29) is 36.3 Å². The molecule has 0 bridgehead atoms. The summed E-state index contributed by atoms with van der Waals surface area (Å²) in [7, 11) is 0. The number of amidine groups is 2. The molecule has 0 aliphatic carbocycles. The van der Waals surface area contributed by atoms with Crippen molar-refractivity contribution in [3.8, 4) is 0 Å². The van der Waals surface area contributed by atoms with Crippen LogP contribution in [0.5, 0.6) is 0 Å². The third kappa shape index (κ3) is 17.7. The number of benzene rings is 2. The summed E-state index contributed by atoms with van der Waals surface area (Å²) in [5, 5.41) is 18.4. The molecule has 0 atom stereocenters. The Balaban J connectivity index is 0.00000216. The first-order valence-corrected chi connectivity index (χ1v) is 14.2. The molecule has 0 radical (unpaired) electrons. The number of anilines is 2. The second kappa shape index (κ2) is 23.8. The maximum atomic E-state index is 12.2. The summed E-state index contributed by atoms with van der Waals surface area (Å²) < 4.78 is 7.94. The van der Waals surface area contributed by atoms with Gasteiger partial charge in [0.2, 0.25) is 11.8 Å². The van der Waals surface area contributed by atoms with Crippen LogP contribution in [0.3, 0.4) is 0 Å². The summed E-state index contributed by atoms with van der Waals surface area (Å²) in [5.41, 5.74) is 13.3. The van der Waals surface area contributed by atoms with Gasteiger partial charge in [0.25, 0.3) is 0 Å². The summed E-state index contributed by atoms with van der Waals surface area (Å²) in [6, 6.07) is 13.1. The van der Waals surface area contributed by atoms with Gasteiger partial charge in [0.05, 0.1) is 0 Å². The van der Waals surface area contributed by atoms with Crippen molar-refractivity contribution in [1.82, 2.24) is 0 Å². The number of nitrogens with two attached hydrogens (primary N) is 2. The zero-order valence-corrected chi connectivity index (χ0v) is 25.4. The Kier molecular flexibility index (Phi) is 21.6. The van der Waals surface area contributed by atoms with Crippen molar-refractivity contribution in [2.24, 2.45) is 16.6 Å². The summed E-state index contributed by atoms with van der Waals surface area (Å²) in [5.74, 6) is -1.12. The number of amides is 2. The molecule has 0 fully saturated rings. The van der Waals surface area contributed by atoms with Crippen LogP contribution in [0.2, 0.25) is 0 Å². The van der Waals surface area contributed by atoms with Gasteiger partial charge in [0.15, 0.2) is 5.84 Å². The van der Waals surface area contributed by atoms with E-state index in [1.807, 2.05) is 6.92 Å². The Morgan fingerprint density at radius 2 is 1.26 bits per heavy atom. The van der Waals surface area contributed by atoms with Crippen molar-refractivity contribution < 1.29 is 38.8 Å². The van der Waals surface area contributed by atoms with Crippen LogP contribution in [0.1, 0.15) is 89.2 Å². The van der Waals surface area contributed by atoms with Gasteiger partial charge in [0, 0.05) is 36.2 Å². The fourth-order valence-electron chi connectivity index (χ4n) is 3.27. The van der Waals surface area contributed by atoms with Gasteiger partial charge in [-0.25, -0.2) is 4.79 Å². The molecule has 0 spiro atoms. The van der Waals surface area contributed by atoms with Crippen molar-refractivity contribution in [3.05, 3.63) is 72.0 Å². The summed E-state index contributed by atoms with van der Waals surface area (Å²) in [4.78, 5) is 40.7.